The molecule has 29 heavy (non-hydrogen) atoms. The highest BCUT2D eigenvalue weighted by atomic mass is 32.2. The van der Waals surface area contributed by atoms with Crippen molar-refractivity contribution in [3.8, 4) is 5.75 Å². The molecule has 0 saturated carbocycles. The summed E-state index contributed by atoms with van der Waals surface area (Å²) in [4.78, 5) is 14.6. The van der Waals surface area contributed by atoms with Crippen LogP contribution in [0.4, 0.5) is 11.4 Å². The van der Waals surface area contributed by atoms with Crippen LogP contribution >= 0.6 is 0 Å². The van der Waals surface area contributed by atoms with Gasteiger partial charge in [-0.15, -0.1) is 0 Å². The Morgan fingerprint density at radius 2 is 1.90 bits per heavy atom. The molecule has 3 rings (SSSR count). The van der Waals surface area contributed by atoms with Gasteiger partial charge in [-0.25, -0.2) is 8.42 Å². The molecule has 1 N–H and O–H groups in total. The minimum absolute atomic E-state index is 0.0608. The van der Waals surface area contributed by atoms with Gasteiger partial charge in [0.15, 0.2) is 0 Å². The van der Waals surface area contributed by atoms with Crippen LogP contribution in [-0.4, -0.2) is 28.0 Å². The monoisotopic (exact) mass is 416 g/mol. The van der Waals surface area contributed by atoms with Crippen LogP contribution in [0.2, 0.25) is 0 Å². The number of carbonyl (C=O) groups excluding carboxylic acids is 1. The zero-order chi connectivity index (χ0) is 21.4. The summed E-state index contributed by atoms with van der Waals surface area (Å²) < 4.78 is 33.9. The third-order valence-electron chi connectivity index (χ3n) is 5.04. The molecule has 0 bridgehead atoms. The third-order valence-corrected chi connectivity index (χ3v) is 6.44. The molecular weight excluding hydrogens is 388 g/mol. The molecule has 0 aliphatic carbocycles. The molecular formula is C22H28N2O4S. The number of benzene rings is 2. The minimum Gasteiger partial charge on any atom is -0.495 e. The molecule has 1 aliphatic rings. The van der Waals surface area contributed by atoms with Crippen LogP contribution in [0.25, 0.3) is 0 Å². The molecule has 0 atom stereocenters. The Morgan fingerprint density at radius 1 is 1.17 bits per heavy atom. The average molecular weight is 417 g/mol. The molecule has 0 saturated heterocycles. The predicted molar refractivity (Wildman–Crippen MR) is 115 cm³/mol. The van der Waals surface area contributed by atoms with Crippen LogP contribution in [0.3, 0.4) is 0 Å². The molecule has 2 aromatic rings. The fourth-order valence-corrected chi connectivity index (χ4v) is 4.71. The van der Waals surface area contributed by atoms with Gasteiger partial charge in [-0.2, -0.15) is 0 Å². The van der Waals surface area contributed by atoms with Crippen molar-refractivity contribution < 1.29 is 17.9 Å². The van der Waals surface area contributed by atoms with Crippen LogP contribution in [0.5, 0.6) is 5.75 Å². The number of rotatable bonds is 5. The van der Waals surface area contributed by atoms with Gasteiger partial charge in [0.1, 0.15) is 10.6 Å². The molecule has 0 aromatic heterocycles. The maximum absolute atomic E-state index is 13.0. The van der Waals surface area contributed by atoms with Crippen molar-refractivity contribution in [2.45, 2.75) is 45.4 Å². The van der Waals surface area contributed by atoms with Gasteiger partial charge in [0.25, 0.3) is 10.0 Å². The Morgan fingerprint density at radius 3 is 2.52 bits per heavy atom. The first kappa shape index (κ1) is 21.2. The second-order valence-electron chi connectivity index (χ2n) is 8.24. The number of hydrogen-bond acceptors (Lipinski definition) is 4. The topological polar surface area (TPSA) is 75.7 Å². The van der Waals surface area contributed by atoms with E-state index in [0.717, 1.165) is 23.2 Å². The largest absolute Gasteiger partial charge is 0.495 e. The Hall–Kier alpha value is -2.54. The minimum atomic E-state index is -3.81. The van der Waals surface area contributed by atoms with Crippen molar-refractivity contribution in [3.05, 3.63) is 47.5 Å². The Balaban J connectivity index is 1.90. The van der Waals surface area contributed by atoms with Crippen LogP contribution in [0.1, 0.15) is 38.8 Å². The first-order chi connectivity index (χ1) is 13.6. The Bertz CT molecular complexity index is 1040. The van der Waals surface area contributed by atoms with Crippen LogP contribution in [0, 0.1) is 5.41 Å². The number of aryl methyl sites for hydroxylation is 1. The molecule has 0 fully saturated rings. The van der Waals surface area contributed by atoms with E-state index >= 15 is 0 Å². The van der Waals surface area contributed by atoms with Gasteiger partial charge < -0.3 is 9.64 Å². The molecule has 156 valence electrons. The highest BCUT2D eigenvalue weighted by Crippen LogP contribution is 2.35. The van der Waals surface area contributed by atoms with Gasteiger partial charge >= 0.3 is 0 Å². The van der Waals surface area contributed by atoms with E-state index in [9.17, 15) is 13.2 Å². The van der Waals surface area contributed by atoms with Crippen molar-refractivity contribution >= 4 is 27.3 Å². The molecule has 6 nitrogen and oxygen atoms in total. The number of anilines is 2. The predicted octanol–water partition coefficient (Wildman–Crippen LogP) is 3.99. The quantitative estimate of drug-likeness (QED) is 0.800. The van der Waals surface area contributed by atoms with Crippen LogP contribution < -0.4 is 14.4 Å². The van der Waals surface area contributed by atoms with Gasteiger partial charge in [0.05, 0.1) is 7.11 Å². The van der Waals surface area contributed by atoms with E-state index in [4.69, 9.17) is 4.74 Å². The lowest BCUT2D eigenvalue weighted by molar-refractivity contribution is -0.125. The van der Waals surface area contributed by atoms with Crippen molar-refractivity contribution in [1.82, 2.24) is 0 Å². The summed E-state index contributed by atoms with van der Waals surface area (Å²) in [7, 11) is -2.36. The maximum Gasteiger partial charge on any atom is 0.265 e. The lowest BCUT2D eigenvalue weighted by atomic mass is 9.94. The molecule has 0 unspecified atom stereocenters. The normalized spacial score (nSPS) is 13.9. The summed E-state index contributed by atoms with van der Waals surface area (Å²) in [5.74, 6) is 0.364. The number of methoxy groups -OCH3 is 1. The first-order valence-corrected chi connectivity index (χ1v) is 11.2. The van der Waals surface area contributed by atoms with Gasteiger partial charge in [-0.3, -0.25) is 9.52 Å². The lowest BCUT2D eigenvalue weighted by Crippen LogP contribution is -2.38. The van der Waals surface area contributed by atoms with E-state index in [0.29, 0.717) is 24.4 Å². The summed E-state index contributed by atoms with van der Waals surface area (Å²) in [6, 6.07) is 10.5. The van der Waals surface area contributed by atoms with Crippen LogP contribution in [-0.2, 0) is 27.7 Å². The van der Waals surface area contributed by atoms with E-state index in [1.165, 1.54) is 7.11 Å². The number of sulfonamides is 1. The van der Waals surface area contributed by atoms with Crippen LogP contribution in [0.15, 0.2) is 41.3 Å². The Labute approximate surface area is 172 Å². The van der Waals surface area contributed by atoms with Gasteiger partial charge in [-0.1, -0.05) is 33.8 Å². The highest BCUT2D eigenvalue weighted by molar-refractivity contribution is 7.92. The first-order valence-electron chi connectivity index (χ1n) is 9.71. The second kappa shape index (κ2) is 7.71. The molecule has 1 heterocycles. The summed E-state index contributed by atoms with van der Waals surface area (Å²) in [5.41, 5.74) is 2.72. The highest BCUT2D eigenvalue weighted by Gasteiger charge is 2.32. The maximum atomic E-state index is 13.0. The molecule has 7 heteroatoms. The standard InChI is InChI=1S/C22H28N2O4S/c1-6-15-7-10-19(28-5)20(13-15)29(26,27)23-17-8-9-18-16(14-17)11-12-24(18)21(25)22(2,3)4/h7-10,13-14,23H,6,11-12H2,1-5H3. The smallest absolute Gasteiger partial charge is 0.265 e. The zero-order valence-electron chi connectivity index (χ0n) is 17.6. The fourth-order valence-electron chi connectivity index (χ4n) is 3.44. The molecule has 0 spiro atoms. The number of ether oxygens (including phenoxy) is 1. The van der Waals surface area contributed by atoms with E-state index in [1.807, 2.05) is 39.8 Å². The molecule has 1 amide bonds. The Kier molecular flexibility index (Phi) is 5.63. The van der Waals surface area contributed by atoms with Crippen molar-refractivity contribution in [3.63, 3.8) is 0 Å². The summed E-state index contributed by atoms with van der Waals surface area (Å²) in [6.07, 6.45) is 1.42. The van der Waals surface area contributed by atoms with Crippen molar-refractivity contribution in [2.24, 2.45) is 5.41 Å². The third kappa shape index (κ3) is 4.24. The van der Waals surface area contributed by atoms with Gasteiger partial charge in [0, 0.05) is 23.3 Å². The number of carbonyl (C=O) groups is 1. The van der Waals surface area contributed by atoms with E-state index in [2.05, 4.69) is 4.72 Å². The number of fused-ring (bicyclic) bond motifs is 1. The van der Waals surface area contributed by atoms with Gasteiger partial charge in [-0.05, 0) is 54.3 Å². The number of amides is 1. The molecule has 2 aromatic carbocycles. The van der Waals surface area contributed by atoms with Gasteiger partial charge in [0.2, 0.25) is 5.91 Å². The SMILES string of the molecule is CCc1ccc(OC)c(S(=O)(=O)Nc2ccc3c(c2)CCN3C(=O)C(C)(C)C)c1. The number of nitrogens with zero attached hydrogens (tertiary/aromatic N) is 1. The fraction of sp³-hybridized carbons (Fsp3) is 0.409. The summed E-state index contributed by atoms with van der Waals surface area (Å²) in [5, 5.41) is 0. The van der Waals surface area contributed by atoms with Crippen molar-refractivity contribution in [1.29, 1.82) is 0 Å². The lowest BCUT2D eigenvalue weighted by Gasteiger charge is -2.26. The average Bonchev–Trinajstić information content (AvgIpc) is 3.08. The van der Waals surface area contributed by atoms with E-state index in [-0.39, 0.29) is 10.8 Å². The summed E-state index contributed by atoms with van der Waals surface area (Å²) >= 11 is 0. The number of hydrogen-bond donors (Lipinski definition) is 1. The molecule has 0 radical (unpaired) electrons. The van der Waals surface area contributed by atoms with Crippen molar-refractivity contribution in [2.75, 3.05) is 23.3 Å². The second-order valence-corrected chi connectivity index (χ2v) is 9.90. The zero-order valence-corrected chi connectivity index (χ0v) is 18.4. The summed E-state index contributed by atoms with van der Waals surface area (Å²) in [6.45, 7) is 8.26. The molecule has 1 aliphatic heterocycles. The number of nitrogens with one attached hydrogen (secondary N) is 1. The van der Waals surface area contributed by atoms with E-state index in [1.54, 1.807) is 29.2 Å². The van der Waals surface area contributed by atoms with E-state index < -0.39 is 15.4 Å².